The highest BCUT2D eigenvalue weighted by molar-refractivity contribution is 7.18. The Balaban J connectivity index is 3.14. The van der Waals surface area contributed by atoms with E-state index < -0.39 is 0 Å². The maximum absolute atomic E-state index is 8.74. The topological polar surface area (TPSA) is 20.2 Å². The van der Waals surface area contributed by atoms with Crippen molar-refractivity contribution in [3.8, 4) is 5.06 Å². The molecule has 8 heavy (non-hydrogen) atoms. The molecule has 0 fully saturated rings. The van der Waals surface area contributed by atoms with Crippen molar-refractivity contribution < 1.29 is 5.11 Å². The molecule has 0 saturated carbocycles. The summed E-state index contributed by atoms with van der Waals surface area (Å²) < 4.78 is 0.507. The molecule has 1 N–H and O–H groups in total. The lowest BCUT2D eigenvalue weighted by Gasteiger charge is -1.76. The van der Waals surface area contributed by atoms with Gasteiger partial charge in [-0.05, 0) is 6.07 Å². The number of thiophene rings is 1. The monoisotopic (exact) mass is 168 g/mol. The van der Waals surface area contributed by atoms with Crippen LogP contribution in [-0.2, 0) is 0 Å². The SMILES string of the molecule is Oc1sc(Cl)cc1Cl. The lowest BCUT2D eigenvalue weighted by atomic mass is 10.6. The van der Waals surface area contributed by atoms with E-state index in [1.165, 1.54) is 6.07 Å². The summed E-state index contributed by atoms with van der Waals surface area (Å²) in [6.45, 7) is 0. The third kappa shape index (κ3) is 1.08. The standard InChI is InChI=1S/C4H2Cl2OS/c5-2-1-3(6)8-4(2)7/h1,7H. The Morgan fingerprint density at radius 2 is 2.12 bits per heavy atom. The van der Waals surface area contributed by atoms with Crippen molar-refractivity contribution in [2.45, 2.75) is 0 Å². The third-order valence-corrected chi connectivity index (χ3v) is 2.11. The van der Waals surface area contributed by atoms with Crippen molar-refractivity contribution >= 4 is 34.5 Å². The Kier molecular flexibility index (Phi) is 1.65. The Bertz CT molecular complexity index is 176. The second-order valence-electron chi connectivity index (χ2n) is 1.20. The zero-order chi connectivity index (χ0) is 6.15. The molecule has 0 aromatic carbocycles. The van der Waals surface area contributed by atoms with Gasteiger partial charge in [-0.1, -0.05) is 34.5 Å². The van der Waals surface area contributed by atoms with Gasteiger partial charge in [-0.3, -0.25) is 0 Å². The van der Waals surface area contributed by atoms with Crippen LogP contribution >= 0.6 is 34.5 Å². The highest BCUT2D eigenvalue weighted by atomic mass is 35.5. The second kappa shape index (κ2) is 2.13. The molecule has 0 bridgehead atoms. The van der Waals surface area contributed by atoms with E-state index in [9.17, 15) is 0 Å². The van der Waals surface area contributed by atoms with Crippen molar-refractivity contribution in [1.82, 2.24) is 0 Å². The van der Waals surface area contributed by atoms with Gasteiger partial charge >= 0.3 is 0 Å². The van der Waals surface area contributed by atoms with Crippen molar-refractivity contribution in [3.63, 3.8) is 0 Å². The van der Waals surface area contributed by atoms with Crippen LogP contribution in [0, 0.1) is 0 Å². The first kappa shape index (κ1) is 6.20. The van der Waals surface area contributed by atoms with E-state index >= 15 is 0 Å². The number of hydrogen-bond acceptors (Lipinski definition) is 2. The van der Waals surface area contributed by atoms with Crippen LogP contribution in [0.1, 0.15) is 0 Å². The molecule has 0 unspecified atom stereocenters. The van der Waals surface area contributed by atoms with Crippen LogP contribution in [0.4, 0.5) is 0 Å². The van der Waals surface area contributed by atoms with E-state index in [1.807, 2.05) is 0 Å². The molecule has 1 aromatic rings. The van der Waals surface area contributed by atoms with E-state index in [0.29, 0.717) is 9.36 Å². The summed E-state index contributed by atoms with van der Waals surface area (Å²) in [7, 11) is 0. The van der Waals surface area contributed by atoms with Crippen LogP contribution in [-0.4, -0.2) is 5.11 Å². The summed E-state index contributed by atoms with van der Waals surface area (Å²) in [6.07, 6.45) is 0. The normalized spacial score (nSPS) is 9.75. The van der Waals surface area contributed by atoms with Gasteiger partial charge in [0.05, 0.1) is 9.36 Å². The van der Waals surface area contributed by atoms with Crippen LogP contribution in [0.15, 0.2) is 6.07 Å². The van der Waals surface area contributed by atoms with Crippen LogP contribution in [0.25, 0.3) is 0 Å². The van der Waals surface area contributed by atoms with Crippen LogP contribution < -0.4 is 0 Å². The van der Waals surface area contributed by atoms with E-state index in [4.69, 9.17) is 28.3 Å². The smallest absolute Gasteiger partial charge is 0.191 e. The number of halogens is 2. The van der Waals surface area contributed by atoms with E-state index in [0.717, 1.165) is 11.3 Å². The summed E-state index contributed by atoms with van der Waals surface area (Å²) in [6, 6.07) is 1.50. The quantitative estimate of drug-likeness (QED) is 0.632. The van der Waals surface area contributed by atoms with Gasteiger partial charge in [0.2, 0.25) is 0 Å². The fourth-order valence-corrected chi connectivity index (χ4v) is 1.52. The van der Waals surface area contributed by atoms with E-state index in [2.05, 4.69) is 0 Å². The first-order chi connectivity index (χ1) is 3.70. The van der Waals surface area contributed by atoms with Gasteiger partial charge in [0.15, 0.2) is 5.06 Å². The largest absolute Gasteiger partial charge is 0.498 e. The Morgan fingerprint density at radius 3 is 2.25 bits per heavy atom. The second-order valence-corrected chi connectivity index (χ2v) is 3.27. The maximum Gasteiger partial charge on any atom is 0.191 e. The molecular weight excluding hydrogens is 167 g/mol. The number of rotatable bonds is 0. The van der Waals surface area contributed by atoms with Crippen molar-refractivity contribution in [3.05, 3.63) is 15.4 Å². The van der Waals surface area contributed by atoms with Gasteiger partial charge in [0.25, 0.3) is 0 Å². The fourth-order valence-electron chi connectivity index (χ4n) is 0.332. The molecule has 0 amide bonds. The predicted octanol–water partition coefficient (Wildman–Crippen LogP) is 2.76. The highest BCUT2D eigenvalue weighted by Gasteiger charge is 2.01. The van der Waals surface area contributed by atoms with E-state index in [-0.39, 0.29) is 5.06 Å². The average molecular weight is 169 g/mol. The van der Waals surface area contributed by atoms with Gasteiger partial charge < -0.3 is 5.11 Å². The van der Waals surface area contributed by atoms with Gasteiger partial charge in [-0.15, -0.1) is 0 Å². The minimum atomic E-state index is 0.0802. The minimum absolute atomic E-state index is 0.0802. The highest BCUT2D eigenvalue weighted by Crippen LogP contribution is 2.35. The minimum Gasteiger partial charge on any atom is -0.498 e. The van der Waals surface area contributed by atoms with E-state index in [1.54, 1.807) is 0 Å². The lowest BCUT2D eigenvalue weighted by Crippen LogP contribution is -1.46. The molecule has 0 aliphatic rings. The molecule has 44 valence electrons. The van der Waals surface area contributed by atoms with Crippen LogP contribution in [0.5, 0.6) is 5.06 Å². The number of aromatic hydroxyl groups is 1. The van der Waals surface area contributed by atoms with Gasteiger partial charge in [-0.25, -0.2) is 0 Å². The van der Waals surface area contributed by atoms with Gasteiger partial charge in [-0.2, -0.15) is 0 Å². The maximum atomic E-state index is 8.74. The molecule has 1 nitrogen and oxygen atoms in total. The van der Waals surface area contributed by atoms with Gasteiger partial charge in [0.1, 0.15) is 0 Å². The lowest BCUT2D eigenvalue weighted by molar-refractivity contribution is 0.491. The first-order valence-electron chi connectivity index (χ1n) is 1.84. The first-order valence-corrected chi connectivity index (χ1v) is 3.41. The molecule has 1 rings (SSSR count). The average Bonchev–Trinajstić information content (AvgIpc) is 1.85. The zero-order valence-electron chi connectivity index (χ0n) is 3.69. The summed E-state index contributed by atoms with van der Waals surface area (Å²) in [5.41, 5.74) is 0. The summed E-state index contributed by atoms with van der Waals surface area (Å²) in [5.74, 6) is 0. The molecule has 1 heterocycles. The predicted molar refractivity (Wildman–Crippen MR) is 36.0 cm³/mol. The summed E-state index contributed by atoms with van der Waals surface area (Å²) in [5, 5.41) is 9.14. The van der Waals surface area contributed by atoms with Gasteiger partial charge in [0, 0.05) is 0 Å². The molecule has 4 heteroatoms. The third-order valence-electron chi connectivity index (χ3n) is 0.639. The summed E-state index contributed by atoms with van der Waals surface area (Å²) in [4.78, 5) is 0. The van der Waals surface area contributed by atoms with Crippen molar-refractivity contribution in [2.75, 3.05) is 0 Å². The number of hydrogen-bond donors (Lipinski definition) is 1. The Labute approximate surface area is 60.5 Å². The molecule has 0 radical (unpaired) electrons. The van der Waals surface area contributed by atoms with Crippen LogP contribution in [0.2, 0.25) is 9.36 Å². The Morgan fingerprint density at radius 1 is 1.50 bits per heavy atom. The zero-order valence-corrected chi connectivity index (χ0v) is 6.02. The van der Waals surface area contributed by atoms with Crippen LogP contribution in [0.3, 0.4) is 0 Å². The molecule has 0 aliphatic carbocycles. The molecule has 0 saturated heterocycles. The van der Waals surface area contributed by atoms with Crippen molar-refractivity contribution in [1.29, 1.82) is 0 Å². The summed E-state index contributed by atoms with van der Waals surface area (Å²) >= 11 is 11.9. The molecule has 0 spiro atoms. The van der Waals surface area contributed by atoms with Crippen molar-refractivity contribution in [2.24, 2.45) is 0 Å². The molecule has 1 aromatic heterocycles. The molecule has 0 aliphatic heterocycles. The molecular formula is C4H2Cl2OS. The fraction of sp³-hybridized carbons (Fsp3) is 0. The Hall–Kier alpha value is 0.0800. The molecule has 0 atom stereocenters.